The van der Waals surface area contributed by atoms with E-state index in [4.69, 9.17) is 9.47 Å². The molecule has 1 N–H and O–H groups in total. The molecule has 0 bridgehead atoms. The molecular weight excluding hydrogens is 198 g/mol. The van der Waals surface area contributed by atoms with Gasteiger partial charge in [-0.1, -0.05) is 0 Å². The highest BCUT2D eigenvalue weighted by Crippen LogP contribution is 2.35. The second kappa shape index (κ2) is 3.53. The van der Waals surface area contributed by atoms with E-state index < -0.39 is 0 Å². The second-order valence-electron chi connectivity index (χ2n) is 4.07. The molecule has 1 saturated heterocycles. The summed E-state index contributed by atoms with van der Waals surface area (Å²) in [7, 11) is 1.69. The average Bonchev–Trinajstić information content (AvgIpc) is 2.70. The molecule has 1 fully saturated rings. The quantitative estimate of drug-likeness (QED) is 0.816. The van der Waals surface area contributed by atoms with Gasteiger partial charge in [-0.3, -0.25) is 5.32 Å². The summed E-state index contributed by atoms with van der Waals surface area (Å²) in [5.41, 5.74) is 0.0552. The third-order valence-electron chi connectivity index (χ3n) is 2.25. The van der Waals surface area contributed by atoms with E-state index in [-0.39, 0.29) is 11.8 Å². The van der Waals surface area contributed by atoms with Crippen molar-refractivity contribution in [2.75, 3.05) is 13.7 Å². The first-order chi connectivity index (χ1) is 6.62. The number of hydrogen-bond acceptors (Lipinski definition) is 4. The van der Waals surface area contributed by atoms with Crippen LogP contribution in [-0.2, 0) is 4.74 Å². The number of ether oxygens (including phenoxy) is 2. The molecule has 1 aromatic rings. The fourth-order valence-electron chi connectivity index (χ4n) is 1.54. The van der Waals surface area contributed by atoms with E-state index in [2.05, 4.69) is 19.2 Å². The van der Waals surface area contributed by atoms with Gasteiger partial charge in [-0.05, 0) is 25.3 Å². The Morgan fingerprint density at radius 2 is 2.43 bits per heavy atom. The highest BCUT2D eigenvalue weighted by molar-refractivity contribution is 7.10. The molecule has 2 heterocycles. The standard InChI is InChI=1S/C10H15NO2S/c1-10(2)6-13-9(11-10)8-7(12-3)4-5-14-8/h4-5,9,11H,6H2,1-3H3. The van der Waals surface area contributed by atoms with Crippen LogP contribution in [0.2, 0.25) is 0 Å². The Labute approximate surface area is 88.0 Å². The summed E-state index contributed by atoms with van der Waals surface area (Å²) in [6.07, 6.45) is -0.0139. The van der Waals surface area contributed by atoms with Crippen molar-refractivity contribution in [1.29, 1.82) is 0 Å². The van der Waals surface area contributed by atoms with Gasteiger partial charge in [-0.15, -0.1) is 11.3 Å². The monoisotopic (exact) mass is 213 g/mol. The Kier molecular flexibility index (Phi) is 2.51. The summed E-state index contributed by atoms with van der Waals surface area (Å²) >= 11 is 1.66. The fraction of sp³-hybridized carbons (Fsp3) is 0.600. The lowest BCUT2D eigenvalue weighted by Crippen LogP contribution is -2.35. The van der Waals surface area contributed by atoms with E-state index in [9.17, 15) is 0 Å². The van der Waals surface area contributed by atoms with Gasteiger partial charge in [0.25, 0.3) is 0 Å². The molecule has 0 amide bonds. The first-order valence-electron chi connectivity index (χ1n) is 4.63. The van der Waals surface area contributed by atoms with E-state index in [1.165, 1.54) is 0 Å². The van der Waals surface area contributed by atoms with Crippen LogP contribution in [0, 0.1) is 0 Å². The van der Waals surface area contributed by atoms with Crippen LogP contribution in [0.1, 0.15) is 25.0 Å². The Morgan fingerprint density at radius 1 is 1.64 bits per heavy atom. The van der Waals surface area contributed by atoms with E-state index in [0.29, 0.717) is 0 Å². The number of methoxy groups -OCH3 is 1. The molecule has 2 rings (SSSR count). The highest BCUT2D eigenvalue weighted by Gasteiger charge is 2.33. The molecule has 78 valence electrons. The van der Waals surface area contributed by atoms with Crippen LogP contribution in [0.4, 0.5) is 0 Å². The van der Waals surface area contributed by atoms with Gasteiger partial charge in [-0.25, -0.2) is 0 Å². The summed E-state index contributed by atoms with van der Waals surface area (Å²) in [4.78, 5) is 1.12. The lowest BCUT2D eigenvalue weighted by atomic mass is 10.1. The summed E-state index contributed by atoms with van der Waals surface area (Å²) < 4.78 is 10.9. The Morgan fingerprint density at radius 3 is 3.00 bits per heavy atom. The first-order valence-corrected chi connectivity index (χ1v) is 5.51. The normalized spacial score (nSPS) is 25.2. The average molecular weight is 213 g/mol. The van der Waals surface area contributed by atoms with Gasteiger partial charge >= 0.3 is 0 Å². The van der Waals surface area contributed by atoms with Crippen molar-refractivity contribution in [3.05, 3.63) is 16.3 Å². The summed E-state index contributed by atoms with van der Waals surface area (Å²) in [5.74, 6) is 0.908. The van der Waals surface area contributed by atoms with Crippen LogP contribution < -0.4 is 10.1 Å². The van der Waals surface area contributed by atoms with Crippen molar-refractivity contribution >= 4 is 11.3 Å². The maximum atomic E-state index is 5.67. The lowest BCUT2D eigenvalue weighted by molar-refractivity contribution is 0.0996. The third-order valence-corrected chi connectivity index (χ3v) is 3.19. The molecule has 0 aliphatic carbocycles. The molecule has 1 atom stereocenters. The molecule has 1 aromatic heterocycles. The van der Waals surface area contributed by atoms with Crippen LogP contribution in [0.25, 0.3) is 0 Å². The minimum atomic E-state index is -0.0139. The zero-order valence-corrected chi connectivity index (χ0v) is 9.48. The van der Waals surface area contributed by atoms with Crippen LogP contribution in [0.3, 0.4) is 0 Å². The minimum Gasteiger partial charge on any atom is -0.495 e. The fourth-order valence-corrected chi connectivity index (χ4v) is 2.40. The molecule has 4 heteroatoms. The van der Waals surface area contributed by atoms with Crippen molar-refractivity contribution in [3.63, 3.8) is 0 Å². The van der Waals surface area contributed by atoms with E-state index in [1.54, 1.807) is 18.4 Å². The molecule has 0 saturated carbocycles. The first kappa shape index (κ1) is 9.96. The van der Waals surface area contributed by atoms with Gasteiger partial charge in [0.2, 0.25) is 0 Å². The molecule has 3 nitrogen and oxygen atoms in total. The van der Waals surface area contributed by atoms with Crippen molar-refractivity contribution in [1.82, 2.24) is 5.32 Å². The van der Waals surface area contributed by atoms with Crippen LogP contribution in [0.15, 0.2) is 11.4 Å². The highest BCUT2D eigenvalue weighted by atomic mass is 32.1. The number of nitrogens with one attached hydrogen (secondary N) is 1. The molecule has 1 unspecified atom stereocenters. The Hall–Kier alpha value is -0.580. The summed E-state index contributed by atoms with van der Waals surface area (Å²) in [6, 6.07) is 1.97. The van der Waals surface area contributed by atoms with E-state index in [1.807, 2.05) is 11.4 Å². The topological polar surface area (TPSA) is 30.5 Å². The molecule has 14 heavy (non-hydrogen) atoms. The Balaban J connectivity index is 2.17. The van der Waals surface area contributed by atoms with Crippen molar-refractivity contribution in [2.45, 2.75) is 25.6 Å². The number of thiophene rings is 1. The van der Waals surface area contributed by atoms with Gasteiger partial charge in [-0.2, -0.15) is 0 Å². The summed E-state index contributed by atoms with van der Waals surface area (Å²) in [6.45, 7) is 5.00. The van der Waals surface area contributed by atoms with E-state index in [0.717, 1.165) is 17.2 Å². The smallest absolute Gasteiger partial charge is 0.147 e. The molecule has 0 radical (unpaired) electrons. The van der Waals surface area contributed by atoms with Gasteiger partial charge in [0.05, 0.1) is 18.6 Å². The zero-order chi connectivity index (χ0) is 10.2. The second-order valence-corrected chi connectivity index (χ2v) is 5.02. The largest absolute Gasteiger partial charge is 0.495 e. The minimum absolute atomic E-state index is 0.0139. The maximum Gasteiger partial charge on any atom is 0.147 e. The molecule has 1 aliphatic heterocycles. The predicted octanol–water partition coefficient (Wildman–Crippen LogP) is 2.15. The summed E-state index contributed by atoms with van der Waals surface area (Å²) in [5, 5.41) is 5.43. The number of rotatable bonds is 2. The molecular formula is C10H15NO2S. The van der Waals surface area contributed by atoms with E-state index >= 15 is 0 Å². The molecule has 0 aromatic carbocycles. The van der Waals surface area contributed by atoms with Crippen molar-refractivity contribution in [3.8, 4) is 5.75 Å². The van der Waals surface area contributed by atoms with Gasteiger partial charge in [0, 0.05) is 5.54 Å². The van der Waals surface area contributed by atoms with Crippen LogP contribution in [-0.4, -0.2) is 19.3 Å². The Bertz CT molecular complexity index is 322. The van der Waals surface area contributed by atoms with Gasteiger partial charge in [0.15, 0.2) is 0 Å². The maximum absolute atomic E-state index is 5.67. The van der Waals surface area contributed by atoms with Crippen LogP contribution >= 0.6 is 11.3 Å². The lowest BCUT2D eigenvalue weighted by Gasteiger charge is -2.16. The molecule has 1 aliphatic rings. The molecule has 0 spiro atoms. The van der Waals surface area contributed by atoms with Gasteiger partial charge < -0.3 is 9.47 Å². The number of hydrogen-bond donors (Lipinski definition) is 1. The SMILES string of the molecule is COc1ccsc1C1NC(C)(C)CO1. The predicted molar refractivity (Wildman–Crippen MR) is 56.8 cm³/mol. The van der Waals surface area contributed by atoms with Crippen molar-refractivity contribution in [2.24, 2.45) is 0 Å². The zero-order valence-electron chi connectivity index (χ0n) is 8.66. The third kappa shape index (κ3) is 1.78. The van der Waals surface area contributed by atoms with Crippen molar-refractivity contribution < 1.29 is 9.47 Å². The van der Waals surface area contributed by atoms with Crippen LogP contribution in [0.5, 0.6) is 5.75 Å². The van der Waals surface area contributed by atoms with Gasteiger partial charge in [0.1, 0.15) is 12.0 Å².